The van der Waals surface area contributed by atoms with Gasteiger partial charge in [0.2, 0.25) is 0 Å². The molecule has 0 fully saturated rings. The molecule has 0 aliphatic heterocycles. The van der Waals surface area contributed by atoms with Crippen molar-refractivity contribution < 1.29 is 0 Å². The van der Waals surface area contributed by atoms with Gasteiger partial charge < -0.3 is 10.6 Å². The Bertz CT molecular complexity index is 170. The average molecular weight is 155 g/mol. The summed E-state index contributed by atoms with van der Waals surface area (Å²) in [5.74, 6) is 1.25. The van der Waals surface area contributed by atoms with E-state index in [1.54, 1.807) is 0 Å². The monoisotopic (exact) mass is 155 g/mol. The molecule has 11 heavy (non-hydrogen) atoms. The molecule has 0 aliphatic rings. The first-order valence-corrected chi connectivity index (χ1v) is 3.67. The van der Waals surface area contributed by atoms with Crippen molar-refractivity contribution in [3.63, 3.8) is 0 Å². The smallest absolute Gasteiger partial charge is 0.118 e. The second-order valence-electron chi connectivity index (χ2n) is 2.86. The quantitative estimate of drug-likeness (QED) is 0.480. The molecule has 0 heterocycles. The maximum atomic E-state index is 5.32. The van der Waals surface area contributed by atoms with Crippen LogP contribution in [0.3, 0.4) is 0 Å². The topological polar surface area (TPSA) is 41.6 Å². The SMILES string of the molecule is C=C(N)N=C(C)N(C)C(C)C. The van der Waals surface area contributed by atoms with E-state index in [4.69, 9.17) is 5.73 Å². The van der Waals surface area contributed by atoms with Gasteiger partial charge in [-0.05, 0) is 20.8 Å². The zero-order valence-corrected chi connectivity index (χ0v) is 7.76. The Morgan fingerprint density at radius 2 is 2.00 bits per heavy atom. The first-order chi connectivity index (χ1) is 4.95. The average Bonchev–Trinajstić information content (AvgIpc) is 1.84. The van der Waals surface area contributed by atoms with Gasteiger partial charge in [0, 0.05) is 13.1 Å². The molecule has 2 N–H and O–H groups in total. The molecule has 0 aliphatic carbocycles. The summed E-state index contributed by atoms with van der Waals surface area (Å²) in [6.45, 7) is 9.61. The maximum Gasteiger partial charge on any atom is 0.118 e. The fraction of sp³-hybridized carbons (Fsp3) is 0.625. The van der Waals surface area contributed by atoms with Crippen molar-refractivity contribution >= 4 is 5.84 Å². The lowest BCUT2D eigenvalue weighted by Gasteiger charge is -2.22. The molecular formula is C8H17N3. The standard InChI is InChI=1S/C8H17N3/c1-6(2)11(5)8(4)10-7(3)9/h6H,3,9H2,1-2,4-5H3. The van der Waals surface area contributed by atoms with Crippen LogP contribution < -0.4 is 5.73 Å². The van der Waals surface area contributed by atoms with Gasteiger partial charge in [-0.15, -0.1) is 0 Å². The van der Waals surface area contributed by atoms with E-state index in [0.717, 1.165) is 5.84 Å². The van der Waals surface area contributed by atoms with E-state index in [9.17, 15) is 0 Å². The van der Waals surface area contributed by atoms with Crippen LogP contribution in [0, 0.1) is 0 Å². The molecule has 0 atom stereocenters. The Labute approximate surface area is 68.6 Å². The van der Waals surface area contributed by atoms with Crippen LogP contribution in [0.4, 0.5) is 0 Å². The third kappa shape index (κ3) is 3.65. The summed E-state index contributed by atoms with van der Waals surface area (Å²) >= 11 is 0. The van der Waals surface area contributed by atoms with Gasteiger partial charge in [0.05, 0.1) is 0 Å². The van der Waals surface area contributed by atoms with Crippen molar-refractivity contribution in [2.24, 2.45) is 10.7 Å². The van der Waals surface area contributed by atoms with Crippen LogP contribution >= 0.6 is 0 Å². The molecule has 0 aromatic rings. The summed E-state index contributed by atoms with van der Waals surface area (Å²) in [4.78, 5) is 6.06. The van der Waals surface area contributed by atoms with E-state index < -0.39 is 0 Å². The highest BCUT2D eigenvalue weighted by atomic mass is 15.2. The molecule has 0 bridgehead atoms. The molecule has 3 heteroatoms. The Morgan fingerprint density at radius 3 is 2.27 bits per heavy atom. The Morgan fingerprint density at radius 1 is 1.55 bits per heavy atom. The first kappa shape index (κ1) is 10.0. The van der Waals surface area contributed by atoms with Gasteiger partial charge >= 0.3 is 0 Å². The third-order valence-corrected chi connectivity index (χ3v) is 1.59. The number of hydrogen-bond donors (Lipinski definition) is 1. The van der Waals surface area contributed by atoms with Gasteiger partial charge in [-0.1, -0.05) is 6.58 Å². The van der Waals surface area contributed by atoms with Crippen molar-refractivity contribution in [3.05, 3.63) is 12.4 Å². The summed E-state index contributed by atoms with van der Waals surface area (Å²) in [6.07, 6.45) is 0. The highest BCUT2D eigenvalue weighted by Crippen LogP contribution is 1.96. The second-order valence-corrected chi connectivity index (χ2v) is 2.86. The van der Waals surface area contributed by atoms with Gasteiger partial charge in [-0.2, -0.15) is 0 Å². The number of nitrogens with zero attached hydrogens (tertiary/aromatic N) is 2. The third-order valence-electron chi connectivity index (χ3n) is 1.59. The molecule has 0 aromatic heterocycles. The Hall–Kier alpha value is -0.990. The molecule has 64 valence electrons. The van der Waals surface area contributed by atoms with E-state index in [1.807, 2.05) is 18.9 Å². The normalized spacial score (nSPS) is 11.9. The molecular weight excluding hydrogens is 138 g/mol. The highest BCUT2D eigenvalue weighted by Gasteiger charge is 2.03. The summed E-state index contributed by atoms with van der Waals surface area (Å²) < 4.78 is 0. The molecule has 3 nitrogen and oxygen atoms in total. The fourth-order valence-corrected chi connectivity index (χ4v) is 0.660. The Balaban J connectivity index is 4.23. The maximum absolute atomic E-state index is 5.32. The summed E-state index contributed by atoms with van der Waals surface area (Å²) in [7, 11) is 1.98. The predicted octanol–water partition coefficient (Wildman–Crippen LogP) is 1.17. The van der Waals surface area contributed by atoms with Crippen LogP contribution in [0.1, 0.15) is 20.8 Å². The van der Waals surface area contributed by atoms with Crippen molar-refractivity contribution in [3.8, 4) is 0 Å². The molecule has 0 saturated carbocycles. The minimum Gasteiger partial charge on any atom is -0.384 e. The van der Waals surface area contributed by atoms with E-state index >= 15 is 0 Å². The van der Waals surface area contributed by atoms with Gasteiger partial charge in [0.1, 0.15) is 11.7 Å². The minimum absolute atomic E-state index is 0.356. The molecule has 0 aromatic carbocycles. The number of nitrogens with two attached hydrogens (primary N) is 1. The zero-order chi connectivity index (χ0) is 9.02. The lowest BCUT2D eigenvalue weighted by atomic mass is 10.3. The number of rotatable bonds is 2. The lowest BCUT2D eigenvalue weighted by molar-refractivity contribution is 0.415. The van der Waals surface area contributed by atoms with E-state index in [1.165, 1.54) is 0 Å². The highest BCUT2D eigenvalue weighted by molar-refractivity contribution is 5.80. The second kappa shape index (κ2) is 4.01. The van der Waals surface area contributed by atoms with Crippen molar-refractivity contribution in [1.29, 1.82) is 0 Å². The number of aliphatic imine (C=N–C) groups is 1. The van der Waals surface area contributed by atoms with Gasteiger partial charge in [0.15, 0.2) is 0 Å². The first-order valence-electron chi connectivity index (χ1n) is 3.67. The summed E-state index contributed by atoms with van der Waals surface area (Å²) in [6, 6.07) is 0.443. The van der Waals surface area contributed by atoms with Crippen molar-refractivity contribution in [2.75, 3.05) is 7.05 Å². The van der Waals surface area contributed by atoms with E-state index in [0.29, 0.717) is 11.9 Å². The van der Waals surface area contributed by atoms with Crippen molar-refractivity contribution in [2.45, 2.75) is 26.8 Å². The number of amidine groups is 1. The Kier molecular flexibility index (Phi) is 3.65. The van der Waals surface area contributed by atoms with E-state index in [2.05, 4.69) is 25.4 Å². The van der Waals surface area contributed by atoms with Crippen LogP contribution in [0.5, 0.6) is 0 Å². The summed E-state index contributed by atoms with van der Waals surface area (Å²) in [5.41, 5.74) is 5.32. The fourth-order valence-electron chi connectivity index (χ4n) is 0.660. The molecule has 0 spiro atoms. The van der Waals surface area contributed by atoms with Crippen LogP contribution in [-0.4, -0.2) is 23.8 Å². The molecule has 0 rings (SSSR count). The largest absolute Gasteiger partial charge is 0.384 e. The zero-order valence-electron chi connectivity index (χ0n) is 7.76. The van der Waals surface area contributed by atoms with Gasteiger partial charge in [-0.25, -0.2) is 4.99 Å². The van der Waals surface area contributed by atoms with Crippen molar-refractivity contribution in [1.82, 2.24) is 4.90 Å². The lowest BCUT2D eigenvalue weighted by Crippen LogP contribution is -2.31. The predicted molar refractivity (Wildman–Crippen MR) is 49.3 cm³/mol. The molecule has 0 saturated heterocycles. The van der Waals surface area contributed by atoms with E-state index in [-0.39, 0.29) is 0 Å². The summed E-state index contributed by atoms with van der Waals surface area (Å²) in [5, 5.41) is 0. The van der Waals surface area contributed by atoms with Crippen LogP contribution in [-0.2, 0) is 0 Å². The van der Waals surface area contributed by atoms with Crippen LogP contribution in [0.2, 0.25) is 0 Å². The number of hydrogen-bond acceptors (Lipinski definition) is 2. The molecule has 0 unspecified atom stereocenters. The van der Waals surface area contributed by atoms with Crippen LogP contribution in [0.25, 0.3) is 0 Å². The van der Waals surface area contributed by atoms with Gasteiger partial charge in [0.25, 0.3) is 0 Å². The van der Waals surface area contributed by atoms with Gasteiger partial charge in [-0.3, -0.25) is 0 Å². The minimum atomic E-state index is 0.356. The molecule has 0 amide bonds. The van der Waals surface area contributed by atoms with Crippen LogP contribution in [0.15, 0.2) is 17.4 Å². The molecule has 0 radical (unpaired) electrons.